The Labute approximate surface area is 147 Å². The molecule has 2 atom stereocenters. The average molecular weight is 342 g/mol. The zero-order valence-electron chi connectivity index (χ0n) is 14.7. The summed E-state index contributed by atoms with van der Waals surface area (Å²) in [6, 6.07) is 5.77. The van der Waals surface area contributed by atoms with E-state index in [9.17, 15) is 14.0 Å². The van der Waals surface area contributed by atoms with Crippen molar-refractivity contribution in [1.82, 2.24) is 10.6 Å². The molecule has 0 aromatic heterocycles. The van der Waals surface area contributed by atoms with Crippen LogP contribution in [0.3, 0.4) is 0 Å². The Kier molecular flexibility index (Phi) is 5.91. The summed E-state index contributed by atoms with van der Waals surface area (Å²) in [5.74, 6) is -0.795. The highest BCUT2D eigenvalue weighted by molar-refractivity contribution is 5.93. The van der Waals surface area contributed by atoms with Crippen LogP contribution in [0.4, 0.5) is 4.39 Å². The Bertz CT molecular complexity index is 747. The number of nitrogens with one attached hydrogen (secondary N) is 2. The van der Waals surface area contributed by atoms with Crippen molar-refractivity contribution in [3.05, 3.63) is 71.2 Å². The largest absolute Gasteiger partial charge is 0.346 e. The van der Waals surface area contributed by atoms with Gasteiger partial charge in [0.2, 0.25) is 11.8 Å². The summed E-state index contributed by atoms with van der Waals surface area (Å²) >= 11 is 0. The van der Waals surface area contributed by atoms with Crippen LogP contribution in [0.2, 0.25) is 0 Å². The molecule has 1 saturated heterocycles. The zero-order chi connectivity index (χ0) is 18.6. The van der Waals surface area contributed by atoms with Crippen LogP contribution in [0.15, 0.2) is 59.8 Å². The van der Waals surface area contributed by atoms with Crippen LogP contribution in [-0.2, 0) is 9.59 Å². The Morgan fingerprint density at radius 1 is 1.40 bits per heavy atom. The van der Waals surface area contributed by atoms with Gasteiger partial charge >= 0.3 is 0 Å². The lowest BCUT2D eigenvalue weighted by atomic mass is 9.99. The second-order valence-corrected chi connectivity index (χ2v) is 6.15. The molecule has 0 aliphatic carbocycles. The molecule has 2 amide bonds. The van der Waals surface area contributed by atoms with E-state index in [4.69, 9.17) is 0 Å². The molecule has 5 heteroatoms. The standard InChI is InChI=1S/C20H23FN2O2/c1-5-17-13(3)18(23-20(17)25)11-6-12(2)19(24)22-14(4)15-7-9-16(21)10-8-15/h6-11,14,17H,3,5H2,1-2,4H3,(H,22,24)(H,23,25)/b12-6+,18-11+. The van der Waals surface area contributed by atoms with Crippen molar-refractivity contribution in [2.45, 2.75) is 33.2 Å². The molecule has 1 aromatic rings. The van der Waals surface area contributed by atoms with E-state index in [1.54, 1.807) is 31.2 Å². The van der Waals surface area contributed by atoms with Crippen molar-refractivity contribution in [3.8, 4) is 0 Å². The van der Waals surface area contributed by atoms with Crippen molar-refractivity contribution < 1.29 is 14.0 Å². The summed E-state index contributed by atoms with van der Waals surface area (Å²) in [5, 5.41) is 5.64. The lowest BCUT2D eigenvalue weighted by molar-refractivity contribution is -0.121. The summed E-state index contributed by atoms with van der Waals surface area (Å²) in [6.07, 6.45) is 4.05. The summed E-state index contributed by atoms with van der Waals surface area (Å²) in [4.78, 5) is 24.1. The number of carbonyl (C=O) groups excluding carboxylic acids is 2. The van der Waals surface area contributed by atoms with Crippen LogP contribution >= 0.6 is 0 Å². The monoisotopic (exact) mass is 342 g/mol. The van der Waals surface area contributed by atoms with Crippen LogP contribution in [0.1, 0.15) is 38.8 Å². The van der Waals surface area contributed by atoms with Crippen LogP contribution in [0.5, 0.6) is 0 Å². The number of carbonyl (C=O) groups is 2. The lowest BCUT2D eigenvalue weighted by Crippen LogP contribution is -2.27. The zero-order valence-corrected chi connectivity index (χ0v) is 14.7. The third-order valence-electron chi connectivity index (χ3n) is 4.32. The van der Waals surface area contributed by atoms with Gasteiger partial charge in [-0.3, -0.25) is 9.59 Å². The summed E-state index contributed by atoms with van der Waals surface area (Å²) in [7, 11) is 0. The fourth-order valence-electron chi connectivity index (χ4n) is 2.66. The third kappa shape index (κ3) is 4.44. The van der Waals surface area contributed by atoms with Gasteiger partial charge in [-0.1, -0.05) is 31.7 Å². The van der Waals surface area contributed by atoms with Gasteiger partial charge in [-0.25, -0.2) is 4.39 Å². The minimum atomic E-state index is -0.311. The molecule has 0 saturated carbocycles. The Balaban J connectivity index is 2.03. The van der Waals surface area contributed by atoms with E-state index in [-0.39, 0.29) is 29.6 Å². The molecule has 0 spiro atoms. The first-order valence-electron chi connectivity index (χ1n) is 8.28. The highest BCUT2D eigenvalue weighted by Crippen LogP contribution is 2.26. The van der Waals surface area contributed by atoms with Gasteiger partial charge in [0.05, 0.1) is 12.0 Å². The number of rotatable bonds is 5. The van der Waals surface area contributed by atoms with Crippen molar-refractivity contribution >= 4 is 11.8 Å². The molecule has 0 bridgehead atoms. The number of benzene rings is 1. The quantitative estimate of drug-likeness (QED) is 0.804. The molecule has 2 unspecified atom stereocenters. The SMILES string of the molecule is C=C1/C(=C\C=C(/C)C(=O)NC(C)c2ccc(F)cc2)NC(=O)C1CC. The summed E-state index contributed by atoms with van der Waals surface area (Å²) < 4.78 is 13.0. The van der Waals surface area contributed by atoms with Gasteiger partial charge < -0.3 is 10.6 Å². The number of allylic oxidation sites excluding steroid dienone is 3. The number of hydrogen-bond donors (Lipinski definition) is 2. The minimum Gasteiger partial charge on any atom is -0.346 e. The van der Waals surface area contributed by atoms with Crippen LogP contribution in [-0.4, -0.2) is 11.8 Å². The number of halogens is 1. The van der Waals surface area contributed by atoms with Crippen LogP contribution in [0.25, 0.3) is 0 Å². The van der Waals surface area contributed by atoms with Crippen LogP contribution < -0.4 is 10.6 Å². The number of amides is 2. The van der Waals surface area contributed by atoms with E-state index in [1.165, 1.54) is 12.1 Å². The maximum absolute atomic E-state index is 13.0. The topological polar surface area (TPSA) is 58.2 Å². The summed E-state index contributed by atoms with van der Waals surface area (Å²) in [5.41, 5.74) is 2.72. The van der Waals surface area contributed by atoms with Gasteiger partial charge in [0, 0.05) is 11.3 Å². The summed E-state index contributed by atoms with van der Waals surface area (Å²) in [6.45, 7) is 9.41. The smallest absolute Gasteiger partial charge is 0.247 e. The molecule has 2 rings (SSSR count). The molecule has 1 aliphatic rings. The molecular formula is C20H23FN2O2. The first-order valence-corrected chi connectivity index (χ1v) is 8.28. The molecule has 1 fully saturated rings. The predicted octanol–water partition coefficient (Wildman–Crippen LogP) is 3.55. The van der Waals surface area contributed by atoms with Gasteiger partial charge in [-0.2, -0.15) is 0 Å². The molecule has 0 radical (unpaired) electrons. The van der Waals surface area contributed by atoms with Gasteiger partial charge in [0.1, 0.15) is 5.82 Å². The Hall–Kier alpha value is -2.69. The van der Waals surface area contributed by atoms with E-state index >= 15 is 0 Å². The fourth-order valence-corrected chi connectivity index (χ4v) is 2.66. The Morgan fingerprint density at radius 2 is 2.04 bits per heavy atom. The van der Waals surface area contributed by atoms with Gasteiger partial charge in [0.15, 0.2) is 0 Å². The second kappa shape index (κ2) is 7.92. The van der Waals surface area contributed by atoms with Crippen molar-refractivity contribution in [2.75, 3.05) is 0 Å². The average Bonchev–Trinajstić information content (AvgIpc) is 2.86. The number of hydrogen-bond acceptors (Lipinski definition) is 2. The fraction of sp³-hybridized carbons (Fsp3) is 0.300. The molecule has 2 N–H and O–H groups in total. The van der Waals surface area contributed by atoms with E-state index in [1.807, 2.05) is 13.8 Å². The van der Waals surface area contributed by atoms with E-state index in [2.05, 4.69) is 17.2 Å². The third-order valence-corrected chi connectivity index (χ3v) is 4.32. The van der Waals surface area contributed by atoms with Crippen molar-refractivity contribution in [3.63, 3.8) is 0 Å². The van der Waals surface area contributed by atoms with Gasteiger partial charge in [-0.15, -0.1) is 0 Å². The van der Waals surface area contributed by atoms with Gasteiger partial charge in [0.25, 0.3) is 0 Å². The molecule has 25 heavy (non-hydrogen) atoms. The normalized spacial score (nSPS) is 20.6. The van der Waals surface area contributed by atoms with E-state index in [0.29, 0.717) is 17.7 Å². The molecule has 1 aliphatic heterocycles. The molecular weight excluding hydrogens is 319 g/mol. The lowest BCUT2D eigenvalue weighted by Gasteiger charge is -2.14. The molecule has 1 heterocycles. The second-order valence-electron chi connectivity index (χ2n) is 6.15. The highest BCUT2D eigenvalue weighted by Gasteiger charge is 2.29. The molecule has 1 aromatic carbocycles. The predicted molar refractivity (Wildman–Crippen MR) is 95.9 cm³/mol. The first kappa shape index (κ1) is 18.6. The van der Waals surface area contributed by atoms with Crippen LogP contribution in [0, 0.1) is 11.7 Å². The maximum atomic E-state index is 13.0. The van der Waals surface area contributed by atoms with E-state index < -0.39 is 0 Å². The highest BCUT2D eigenvalue weighted by atomic mass is 19.1. The van der Waals surface area contributed by atoms with Gasteiger partial charge in [-0.05, 0) is 49.6 Å². The molecule has 132 valence electrons. The first-order chi connectivity index (χ1) is 11.8. The maximum Gasteiger partial charge on any atom is 0.247 e. The van der Waals surface area contributed by atoms with Crippen molar-refractivity contribution in [2.24, 2.45) is 5.92 Å². The van der Waals surface area contributed by atoms with E-state index in [0.717, 1.165) is 11.1 Å². The Morgan fingerprint density at radius 3 is 2.60 bits per heavy atom. The van der Waals surface area contributed by atoms with Crippen molar-refractivity contribution in [1.29, 1.82) is 0 Å². The molecule has 4 nitrogen and oxygen atoms in total. The minimum absolute atomic E-state index is 0.0563.